The van der Waals surface area contributed by atoms with E-state index < -0.39 is 71.6 Å². The first-order chi connectivity index (χ1) is 18.1. The second kappa shape index (κ2) is 15.1. The predicted molar refractivity (Wildman–Crippen MR) is 142 cm³/mol. The average molecular weight is 559 g/mol. The second-order valence-corrected chi connectivity index (χ2v) is 10.5. The van der Waals surface area contributed by atoms with Crippen LogP contribution < -0.4 is 27.0 Å². The Balaban J connectivity index is 3.15. The first-order valence-corrected chi connectivity index (χ1v) is 13.4. The molecule has 39 heavy (non-hydrogen) atoms. The summed E-state index contributed by atoms with van der Waals surface area (Å²) >= 11 is 0. The zero-order chi connectivity index (χ0) is 30.1. The van der Waals surface area contributed by atoms with Crippen molar-refractivity contribution in [2.45, 2.75) is 103 Å². The average Bonchev–Trinajstić information content (AvgIpc) is 3.37. The zero-order valence-corrected chi connectivity index (χ0v) is 23.7. The van der Waals surface area contributed by atoms with Gasteiger partial charge in [0.25, 0.3) is 0 Å². The predicted octanol–water partition coefficient (Wildman–Crippen LogP) is -1.80. The molecule has 0 spiro atoms. The summed E-state index contributed by atoms with van der Waals surface area (Å²) < 4.78 is 0. The Morgan fingerprint density at radius 2 is 1.67 bits per heavy atom. The molecule has 0 aromatic carbocycles. The number of aliphatic carboxylic acids is 1. The Kier molecular flexibility index (Phi) is 13.3. The number of aliphatic hydroxyl groups is 2. The van der Waals surface area contributed by atoms with Crippen LogP contribution in [0.2, 0.25) is 0 Å². The highest BCUT2D eigenvalue weighted by atomic mass is 16.5. The lowest BCUT2D eigenvalue weighted by Gasteiger charge is -2.38. The summed E-state index contributed by atoms with van der Waals surface area (Å²) in [6, 6.07) is -5.34. The molecular formula is C25H46N6O8. The van der Waals surface area contributed by atoms with Crippen molar-refractivity contribution in [3.8, 4) is 0 Å². The third-order valence-corrected chi connectivity index (χ3v) is 7.13. The Bertz CT molecular complexity index is 883. The Hall–Kier alpha value is -2.81. The maximum absolute atomic E-state index is 13.5. The molecule has 0 unspecified atom stereocenters. The molecule has 14 nitrogen and oxygen atoms in total. The first-order valence-electron chi connectivity index (χ1n) is 13.4. The van der Waals surface area contributed by atoms with E-state index in [0.29, 0.717) is 12.8 Å². The summed E-state index contributed by atoms with van der Waals surface area (Å²) in [6.07, 6.45) is 0.626. The lowest BCUT2D eigenvalue weighted by Crippen LogP contribution is -2.68. The number of rotatable bonds is 15. The summed E-state index contributed by atoms with van der Waals surface area (Å²) in [4.78, 5) is 63.8. The van der Waals surface area contributed by atoms with E-state index >= 15 is 0 Å². The summed E-state index contributed by atoms with van der Waals surface area (Å²) in [5.41, 5.74) is 5.90. The van der Waals surface area contributed by atoms with Gasteiger partial charge in [-0.2, -0.15) is 0 Å². The lowest BCUT2D eigenvalue weighted by atomic mass is 9.94. The van der Waals surface area contributed by atoms with Crippen molar-refractivity contribution < 1.29 is 39.3 Å². The topological polar surface area (TPSA) is 223 Å². The van der Waals surface area contributed by atoms with Crippen LogP contribution in [0, 0.1) is 11.8 Å². The molecule has 0 aromatic rings. The Morgan fingerprint density at radius 1 is 1.05 bits per heavy atom. The molecular weight excluding hydrogens is 512 g/mol. The van der Waals surface area contributed by atoms with Crippen molar-refractivity contribution in [3.05, 3.63) is 0 Å². The number of likely N-dealkylation sites (tertiary alicyclic amines) is 1. The molecule has 224 valence electrons. The van der Waals surface area contributed by atoms with Crippen molar-refractivity contribution in [2.75, 3.05) is 13.6 Å². The van der Waals surface area contributed by atoms with E-state index in [1.54, 1.807) is 27.7 Å². The van der Waals surface area contributed by atoms with Gasteiger partial charge in [-0.05, 0) is 38.0 Å². The molecule has 0 aromatic heterocycles. The molecule has 4 amide bonds. The number of hydrogen-bond donors (Lipinski definition) is 8. The third kappa shape index (κ3) is 9.71. The van der Waals surface area contributed by atoms with Gasteiger partial charge in [0.2, 0.25) is 29.5 Å². The standard InChI is InChI=1S/C25H46N6O8/c1-7-14(4)20(25(38,39)30-15(5)21(34)27-6)29-22(35)17-9-8-12-31(17)24(37)16(10-11-18(32)33)28-23(36)19(26)13(2)3/h13-17,19-20,30,38-39H,7-12,26H2,1-6H3,(H,27,34)(H,28,36)(H,29,35)(H,32,33)/t14-,15-,16-,17-,19-,20-/m0/s1. The van der Waals surface area contributed by atoms with Crippen molar-refractivity contribution in [2.24, 2.45) is 17.6 Å². The lowest BCUT2D eigenvalue weighted by molar-refractivity contribution is -0.221. The molecule has 1 saturated heterocycles. The van der Waals surface area contributed by atoms with Crippen molar-refractivity contribution in [3.63, 3.8) is 0 Å². The van der Waals surface area contributed by atoms with Crippen LogP contribution in [0.5, 0.6) is 0 Å². The minimum absolute atomic E-state index is 0.190. The first kappa shape index (κ1) is 34.2. The molecule has 14 heteroatoms. The summed E-state index contributed by atoms with van der Waals surface area (Å²) in [7, 11) is 1.40. The van der Waals surface area contributed by atoms with Gasteiger partial charge in [-0.3, -0.25) is 29.3 Å². The minimum Gasteiger partial charge on any atom is -0.481 e. The molecule has 9 N–H and O–H groups in total. The largest absolute Gasteiger partial charge is 0.481 e. The van der Waals surface area contributed by atoms with Gasteiger partial charge in [-0.1, -0.05) is 34.1 Å². The van der Waals surface area contributed by atoms with Gasteiger partial charge >= 0.3 is 5.97 Å². The zero-order valence-electron chi connectivity index (χ0n) is 23.7. The Morgan fingerprint density at radius 3 is 2.18 bits per heavy atom. The minimum atomic E-state index is -2.66. The fourth-order valence-electron chi connectivity index (χ4n) is 4.41. The number of carbonyl (C=O) groups is 5. The van der Waals surface area contributed by atoms with E-state index in [0.717, 1.165) is 0 Å². The molecule has 1 aliphatic rings. The van der Waals surface area contributed by atoms with Crippen LogP contribution in [-0.4, -0.2) is 99.5 Å². The van der Waals surface area contributed by atoms with Gasteiger partial charge in [0.1, 0.15) is 18.1 Å². The van der Waals surface area contributed by atoms with Crippen LogP contribution in [0.1, 0.15) is 66.7 Å². The van der Waals surface area contributed by atoms with Gasteiger partial charge < -0.3 is 41.9 Å². The van der Waals surface area contributed by atoms with E-state index in [9.17, 15) is 34.2 Å². The number of carboxylic acids is 1. The normalized spacial score (nSPS) is 19.5. The van der Waals surface area contributed by atoms with Crippen molar-refractivity contribution >= 4 is 29.6 Å². The van der Waals surface area contributed by atoms with E-state index in [1.807, 2.05) is 0 Å². The number of carbonyl (C=O) groups excluding carboxylic acids is 4. The fraction of sp³-hybridized carbons (Fsp3) is 0.800. The monoisotopic (exact) mass is 558 g/mol. The summed E-state index contributed by atoms with van der Waals surface area (Å²) in [5.74, 6) is -6.83. The van der Waals surface area contributed by atoms with E-state index in [2.05, 4.69) is 21.3 Å². The summed E-state index contributed by atoms with van der Waals surface area (Å²) in [5, 5.41) is 40.8. The highest BCUT2D eigenvalue weighted by Crippen LogP contribution is 2.23. The van der Waals surface area contributed by atoms with Gasteiger partial charge in [-0.25, -0.2) is 0 Å². The number of amides is 4. The SMILES string of the molecule is CC[C@H](C)[C@H](NC(=O)[C@@H]1CCCN1C(=O)[C@H](CCC(=O)O)NC(=O)[C@@H](N)C(C)C)C(O)(O)N[C@@H](C)C(=O)NC. The molecule has 1 fully saturated rings. The van der Waals surface area contributed by atoms with Crippen LogP contribution in [0.4, 0.5) is 0 Å². The van der Waals surface area contributed by atoms with E-state index in [4.69, 9.17) is 10.8 Å². The molecule has 0 radical (unpaired) electrons. The van der Waals surface area contributed by atoms with Gasteiger partial charge in [0.05, 0.1) is 12.1 Å². The highest BCUT2D eigenvalue weighted by molar-refractivity contribution is 5.93. The maximum Gasteiger partial charge on any atom is 0.303 e. The Labute approximate surface area is 229 Å². The number of nitrogens with one attached hydrogen (secondary N) is 4. The number of likely N-dealkylation sites (N-methyl/N-ethyl adjacent to an activating group) is 1. The van der Waals surface area contributed by atoms with E-state index in [1.165, 1.54) is 18.9 Å². The van der Waals surface area contributed by atoms with Gasteiger partial charge in [-0.15, -0.1) is 0 Å². The number of hydrogen-bond acceptors (Lipinski definition) is 9. The number of nitrogens with two attached hydrogens (primary N) is 1. The summed E-state index contributed by atoms with van der Waals surface area (Å²) in [6.45, 7) is 8.59. The van der Waals surface area contributed by atoms with Gasteiger partial charge in [0.15, 0.2) is 0 Å². The molecule has 6 atom stereocenters. The maximum atomic E-state index is 13.5. The fourth-order valence-corrected chi connectivity index (χ4v) is 4.41. The molecule has 0 aliphatic carbocycles. The van der Waals surface area contributed by atoms with Crippen LogP contribution in [-0.2, 0) is 24.0 Å². The second-order valence-electron chi connectivity index (χ2n) is 10.5. The van der Waals surface area contributed by atoms with Crippen molar-refractivity contribution in [1.82, 2.24) is 26.2 Å². The number of nitrogens with zero attached hydrogens (tertiary/aromatic N) is 1. The molecule has 1 rings (SSSR count). The molecule has 0 saturated carbocycles. The van der Waals surface area contributed by atoms with Crippen molar-refractivity contribution in [1.29, 1.82) is 0 Å². The number of carboxylic acid groups (broad SMARTS) is 1. The quantitative estimate of drug-likeness (QED) is 0.105. The van der Waals surface area contributed by atoms with E-state index in [-0.39, 0.29) is 31.7 Å². The van der Waals surface area contributed by atoms with Crippen LogP contribution in [0.25, 0.3) is 0 Å². The third-order valence-electron chi connectivity index (χ3n) is 7.13. The smallest absolute Gasteiger partial charge is 0.303 e. The molecule has 1 heterocycles. The molecule has 0 bridgehead atoms. The van der Waals surface area contributed by atoms with Crippen LogP contribution in [0.3, 0.4) is 0 Å². The van der Waals surface area contributed by atoms with Crippen LogP contribution >= 0.6 is 0 Å². The van der Waals surface area contributed by atoms with Gasteiger partial charge in [0, 0.05) is 20.0 Å². The van der Waals surface area contributed by atoms with Crippen LogP contribution in [0.15, 0.2) is 0 Å². The molecule has 1 aliphatic heterocycles. The highest BCUT2D eigenvalue weighted by Gasteiger charge is 2.44.